The van der Waals surface area contributed by atoms with Crippen molar-refractivity contribution in [3.63, 3.8) is 0 Å². The number of hydrogen-bond donors (Lipinski definition) is 8. The van der Waals surface area contributed by atoms with Crippen LogP contribution in [0.15, 0.2) is 0 Å². The van der Waals surface area contributed by atoms with E-state index in [1.165, 1.54) is 7.11 Å². The van der Waals surface area contributed by atoms with Gasteiger partial charge in [0.25, 0.3) is 0 Å². The van der Waals surface area contributed by atoms with Crippen molar-refractivity contribution in [2.45, 2.75) is 73.3 Å². The zero-order valence-corrected chi connectivity index (χ0v) is 17.7. The molecule has 0 aliphatic carbocycles. The minimum Gasteiger partial charge on any atom is -0.478 e. The van der Waals surface area contributed by atoms with Gasteiger partial charge in [-0.15, -0.1) is 11.8 Å². The maximum atomic E-state index is 12.1. The number of carbonyl (C=O) groups excluding carboxylic acids is 1. The number of thioether (sulfide) groups is 1. The summed E-state index contributed by atoms with van der Waals surface area (Å²) in [6.07, 6.45) is -12.1. The monoisotopic (exact) mass is 471 g/mol. The zero-order chi connectivity index (χ0) is 23.5. The number of carbonyl (C=O) groups is 2. The van der Waals surface area contributed by atoms with Crippen molar-refractivity contribution in [2.75, 3.05) is 19.5 Å². The number of amides is 1. The van der Waals surface area contributed by atoms with Crippen LogP contribution < -0.4 is 5.32 Å². The average molecular weight is 471 g/mol. The highest BCUT2D eigenvalue weighted by atomic mass is 32.2. The van der Waals surface area contributed by atoms with Crippen molar-refractivity contribution in [3.8, 4) is 0 Å². The Morgan fingerprint density at radius 2 is 1.90 bits per heavy atom. The van der Waals surface area contributed by atoms with Crippen molar-refractivity contribution < 1.29 is 59.5 Å². The van der Waals surface area contributed by atoms with E-state index in [9.17, 15) is 40.2 Å². The highest BCUT2D eigenvalue weighted by molar-refractivity contribution is 8.01. The lowest BCUT2D eigenvalue weighted by Gasteiger charge is -2.46. The van der Waals surface area contributed by atoms with Gasteiger partial charge in [-0.3, -0.25) is 4.79 Å². The van der Waals surface area contributed by atoms with Gasteiger partial charge in [0.2, 0.25) is 10.8 Å². The van der Waals surface area contributed by atoms with E-state index < -0.39 is 84.9 Å². The molecule has 1 unspecified atom stereocenters. The Morgan fingerprint density at radius 1 is 1.26 bits per heavy atom. The summed E-state index contributed by atoms with van der Waals surface area (Å²) >= 11 is 0.632. The number of hydrogen-bond acceptors (Lipinski definition) is 12. The number of nitrogens with one attached hydrogen (secondary N) is 1. The molecule has 2 rings (SSSR count). The number of methoxy groups -OCH3 is 1. The van der Waals surface area contributed by atoms with E-state index in [2.05, 4.69) is 5.32 Å². The highest BCUT2D eigenvalue weighted by Crippen LogP contribution is 2.42. The second-order valence-electron chi connectivity index (χ2n) is 7.45. The Balaban J connectivity index is 2.25. The predicted octanol–water partition coefficient (Wildman–Crippen LogP) is -4.04. The molecule has 0 aromatic heterocycles. The van der Waals surface area contributed by atoms with Crippen LogP contribution in [0.4, 0.5) is 0 Å². The van der Waals surface area contributed by atoms with E-state index in [-0.39, 0.29) is 5.75 Å². The third kappa shape index (κ3) is 5.65. The normalized spacial score (nSPS) is 40.3. The number of rotatable bonds is 9. The molecule has 8 N–H and O–H groups in total. The third-order valence-corrected chi connectivity index (χ3v) is 6.62. The summed E-state index contributed by atoms with van der Waals surface area (Å²) in [6.45, 7) is 0.262. The number of aliphatic carboxylic acids is 1. The summed E-state index contributed by atoms with van der Waals surface area (Å²) in [5, 5.41) is 72.1. The minimum absolute atomic E-state index is 0.201. The molecule has 0 spiro atoms. The van der Waals surface area contributed by atoms with Gasteiger partial charge in [-0.2, -0.15) is 0 Å². The lowest BCUT2D eigenvalue weighted by atomic mass is 9.90. The van der Waals surface area contributed by atoms with Gasteiger partial charge in [-0.25, -0.2) is 4.79 Å². The molecule has 2 saturated heterocycles. The molecule has 0 bridgehead atoms. The Kier molecular flexibility index (Phi) is 9.04. The highest BCUT2D eigenvalue weighted by Gasteiger charge is 2.56. The zero-order valence-electron chi connectivity index (χ0n) is 16.9. The number of carboxylic acids is 1. The Bertz CT molecular complexity index is 640. The summed E-state index contributed by atoms with van der Waals surface area (Å²) in [5.41, 5.74) is 0. The molecule has 180 valence electrons. The molecule has 0 saturated carbocycles. The fourth-order valence-corrected chi connectivity index (χ4v) is 4.84. The molecule has 2 aliphatic rings. The molecule has 0 aromatic rings. The average Bonchev–Trinajstić information content (AvgIpc) is 3.00. The fraction of sp³-hybridized carbons (Fsp3) is 0.882. The third-order valence-electron chi connectivity index (χ3n) is 5.22. The molecule has 14 heteroatoms. The number of carboxylic acid groups (broad SMARTS) is 1. The molecule has 13 nitrogen and oxygen atoms in total. The summed E-state index contributed by atoms with van der Waals surface area (Å²) in [6, 6.07) is -1.27. The maximum Gasteiger partial charge on any atom is 0.346 e. The van der Waals surface area contributed by atoms with Crippen molar-refractivity contribution in [1.29, 1.82) is 0 Å². The molecular formula is C17H29NO12S. The van der Waals surface area contributed by atoms with Crippen LogP contribution in [0.3, 0.4) is 0 Å². The molecule has 0 aromatic carbocycles. The van der Waals surface area contributed by atoms with E-state index in [0.717, 1.165) is 6.92 Å². The van der Waals surface area contributed by atoms with Crippen LogP contribution in [0.5, 0.6) is 0 Å². The van der Waals surface area contributed by atoms with Gasteiger partial charge in [0.15, 0.2) is 6.29 Å². The fourth-order valence-electron chi connectivity index (χ4n) is 3.54. The lowest BCUT2D eigenvalue weighted by molar-refractivity contribution is -0.205. The first-order chi connectivity index (χ1) is 14.5. The van der Waals surface area contributed by atoms with Crippen molar-refractivity contribution in [1.82, 2.24) is 5.32 Å². The molecule has 2 aliphatic heterocycles. The second kappa shape index (κ2) is 10.7. The van der Waals surface area contributed by atoms with Crippen LogP contribution in [0.25, 0.3) is 0 Å². The van der Waals surface area contributed by atoms with Crippen LogP contribution in [-0.2, 0) is 23.8 Å². The Labute approximate surface area is 181 Å². The Hall–Kier alpha value is -1.07. The van der Waals surface area contributed by atoms with E-state index in [4.69, 9.17) is 19.3 Å². The standard InChI is InChI=1S/C17H29NO12S/c1-6(20)18-10-7(21)3-17(16(26)27,30-14(10)11(23)8(22)4-19)31-5-9-12(24)13(25)15(28-2)29-9/h7-15,19,21-25H,3-5H2,1-2H3,(H,18,20)(H,26,27)/t7-,8+,9+,10+,11+,12+,13+,14+,15?,17-/m0/s1. The Morgan fingerprint density at radius 3 is 2.39 bits per heavy atom. The van der Waals surface area contributed by atoms with Crippen molar-refractivity contribution >= 4 is 23.6 Å². The summed E-state index contributed by atoms with van der Waals surface area (Å²) < 4.78 is 15.9. The first kappa shape index (κ1) is 26.2. The van der Waals surface area contributed by atoms with Gasteiger partial charge in [-0.1, -0.05) is 0 Å². The molecule has 2 fully saturated rings. The van der Waals surface area contributed by atoms with Gasteiger partial charge >= 0.3 is 5.97 Å². The SMILES string of the molecule is COC1O[C@H](CS[C@]2(C(=O)O)C[C@H](O)[C@@H](NC(C)=O)[C@H]([C@H](O)[C@H](O)CO)O2)[C@@H](O)[C@H]1O. The number of ether oxygens (including phenoxy) is 3. The van der Waals surface area contributed by atoms with Gasteiger partial charge in [0.1, 0.15) is 30.5 Å². The van der Waals surface area contributed by atoms with Crippen molar-refractivity contribution in [2.24, 2.45) is 0 Å². The van der Waals surface area contributed by atoms with Crippen LogP contribution >= 0.6 is 11.8 Å². The van der Waals surface area contributed by atoms with Crippen LogP contribution in [-0.4, -0.2) is 127 Å². The number of aliphatic hydroxyl groups excluding tert-OH is 6. The first-order valence-electron chi connectivity index (χ1n) is 9.49. The van der Waals surface area contributed by atoms with Crippen LogP contribution in [0, 0.1) is 0 Å². The summed E-state index contributed by atoms with van der Waals surface area (Å²) in [4.78, 5) is 21.5. The van der Waals surface area contributed by atoms with E-state index in [0.29, 0.717) is 11.8 Å². The molecule has 0 radical (unpaired) electrons. The second-order valence-corrected chi connectivity index (χ2v) is 8.73. The molecule has 10 atom stereocenters. The molecule has 2 heterocycles. The lowest BCUT2D eigenvalue weighted by Crippen LogP contribution is -2.66. The molecular weight excluding hydrogens is 442 g/mol. The maximum absolute atomic E-state index is 12.1. The van der Waals surface area contributed by atoms with Gasteiger partial charge in [0.05, 0.1) is 24.9 Å². The quantitative estimate of drug-likeness (QED) is 0.161. The van der Waals surface area contributed by atoms with Gasteiger partial charge in [0, 0.05) is 26.2 Å². The number of aliphatic hydroxyl groups is 6. The summed E-state index contributed by atoms with van der Waals surface area (Å²) in [7, 11) is 1.26. The first-order valence-corrected chi connectivity index (χ1v) is 10.5. The molecule has 31 heavy (non-hydrogen) atoms. The summed E-state index contributed by atoms with van der Waals surface area (Å²) in [5.74, 6) is -2.32. The van der Waals surface area contributed by atoms with Crippen LogP contribution in [0.2, 0.25) is 0 Å². The van der Waals surface area contributed by atoms with E-state index in [1.54, 1.807) is 0 Å². The topological polar surface area (TPSA) is 215 Å². The minimum atomic E-state index is -2.16. The largest absolute Gasteiger partial charge is 0.478 e. The smallest absolute Gasteiger partial charge is 0.346 e. The van der Waals surface area contributed by atoms with Gasteiger partial charge in [-0.05, 0) is 0 Å². The van der Waals surface area contributed by atoms with E-state index in [1.807, 2.05) is 0 Å². The van der Waals surface area contributed by atoms with Crippen LogP contribution in [0.1, 0.15) is 13.3 Å². The molecule has 1 amide bonds. The van der Waals surface area contributed by atoms with Crippen molar-refractivity contribution in [3.05, 3.63) is 0 Å². The predicted molar refractivity (Wildman–Crippen MR) is 103 cm³/mol. The van der Waals surface area contributed by atoms with E-state index >= 15 is 0 Å². The van der Waals surface area contributed by atoms with Gasteiger partial charge < -0.3 is 55.3 Å².